The van der Waals surface area contributed by atoms with Gasteiger partial charge in [0, 0.05) is 12.3 Å². The number of ether oxygens (including phenoxy) is 2. The largest absolute Gasteiger partial charge is 0.482 e. The molecule has 6 nitrogen and oxygen atoms in total. The van der Waals surface area contributed by atoms with Crippen molar-refractivity contribution in [3.63, 3.8) is 0 Å². The first-order valence-electron chi connectivity index (χ1n) is 8.37. The van der Waals surface area contributed by atoms with Crippen LogP contribution in [0.2, 0.25) is 0 Å². The molecular weight excluding hydrogens is 383 g/mol. The predicted octanol–water partition coefficient (Wildman–Crippen LogP) is 4.09. The smallest absolute Gasteiger partial charge is 0.344 e. The first-order chi connectivity index (χ1) is 13.5. The normalized spacial score (nSPS) is 10.4. The summed E-state index contributed by atoms with van der Waals surface area (Å²) < 4.78 is 23.2. The lowest BCUT2D eigenvalue weighted by molar-refractivity contribution is -0.147. The molecular formula is C20H17FN2O4S. The highest BCUT2D eigenvalue weighted by atomic mass is 32.1. The minimum Gasteiger partial charge on any atom is -0.482 e. The Labute approximate surface area is 165 Å². The van der Waals surface area contributed by atoms with E-state index in [1.54, 1.807) is 5.38 Å². The number of hydrogen-bond acceptors (Lipinski definition) is 6. The quantitative estimate of drug-likeness (QED) is 0.559. The van der Waals surface area contributed by atoms with Crippen molar-refractivity contribution in [2.45, 2.75) is 13.5 Å². The maximum Gasteiger partial charge on any atom is 0.344 e. The monoisotopic (exact) mass is 400 g/mol. The second-order valence-electron chi connectivity index (χ2n) is 5.71. The Hall–Kier alpha value is -3.26. The van der Waals surface area contributed by atoms with Gasteiger partial charge >= 0.3 is 5.97 Å². The maximum absolute atomic E-state index is 12.8. The van der Waals surface area contributed by atoms with Crippen molar-refractivity contribution in [1.82, 2.24) is 4.98 Å². The lowest BCUT2D eigenvalue weighted by Crippen LogP contribution is -2.22. The zero-order valence-corrected chi connectivity index (χ0v) is 15.8. The summed E-state index contributed by atoms with van der Waals surface area (Å²) in [6.45, 7) is 1.12. The SMILES string of the molecule is CC(=O)N(c1ccccc1)c1nc(COC(=O)COc2ccc(F)cc2)cs1. The Bertz CT molecular complexity index is 944. The Kier molecular flexibility index (Phi) is 6.33. The summed E-state index contributed by atoms with van der Waals surface area (Å²) in [4.78, 5) is 29.7. The third-order valence-electron chi connectivity index (χ3n) is 3.61. The fourth-order valence-corrected chi connectivity index (χ4v) is 3.21. The van der Waals surface area contributed by atoms with E-state index in [-0.39, 0.29) is 24.9 Å². The molecule has 0 aliphatic rings. The number of esters is 1. The zero-order chi connectivity index (χ0) is 19.9. The van der Waals surface area contributed by atoms with Gasteiger partial charge in [-0.3, -0.25) is 9.69 Å². The molecule has 1 aromatic heterocycles. The highest BCUT2D eigenvalue weighted by Crippen LogP contribution is 2.28. The number of carbonyl (C=O) groups is 2. The molecule has 3 rings (SSSR count). The van der Waals surface area contributed by atoms with Gasteiger partial charge in [-0.25, -0.2) is 14.2 Å². The number of carbonyl (C=O) groups excluding carboxylic acids is 2. The van der Waals surface area contributed by atoms with Gasteiger partial charge in [-0.1, -0.05) is 18.2 Å². The van der Waals surface area contributed by atoms with Crippen LogP contribution in [0.4, 0.5) is 15.2 Å². The summed E-state index contributed by atoms with van der Waals surface area (Å²) in [6.07, 6.45) is 0. The number of halogens is 1. The molecule has 1 heterocycles. The van der Waals surface area contributed by atoms with Crippen LogP contribution in [0.15, 0.2) is 60.0 Å². The molecule has 0 aliphatic carbocycles. The number of hydrogen-bond donors (Lipinski definition) is 0. The van der Waals surface area contributed by atoms with Gasteiger partial charge in [-0.15, -0.1) is 11.3 Å². The molecule has 0 N–H and O–H groups in total. The standard InChI is InChI=1S/C20H17FN2O4S/c1-14(24)23(17-5-3-2-4-6-17)20-22-16(13-28-20)11-27-19(25)12-26-18-9-7-15(21)8-10-18/h2-10,13H,11-12H2,1H3. The van der Waals surface area contributed by atoms with Crippen molar-refractivity contribution in [3.05, 3.63) is 71.5 Å². The van der Waals surface area contributed by atoms with Gasteiger partial charge in [0.1, 0.15) is 18.2 Å². The van der Waals surface area contributed by atoms with Crippen LogP contribution in [0.1, 0.15) is 12.6 Å². The van der Waals surface area contributed by atoms with Crippen LogP contribution in [0.3, 0.4) is 0 Å². The van der Waals surface area contributed by atoms with Crippen LogP contribution in [0, 0.1) is 5.82 Å². The van der Waals surface area contributed by atoms with E-state index in [0.717, 1.165) is 0 Å². The molecule has 0 spiro atoms. The molecule has 2 aromatic carbocycles. The fourth-order valence-electron chi connectivity index (χ4n) is 2.34. The van der Waals surface area contributed by atoms with Crippen molar-refractivity contribution >= 4 is 34.0 Å². The molecule has 144 valence electrons. The summed E-state index contributed by atoms with van der Waals surface area (Å²) in [5, 5.41) is 2.22. The lowest BCUT2D eigenvalue weighted by atomic mass is 10.3. The van der Waals surface area contributed by atoms with Crippen molar-refractivity contribution < 1.29 is 23.5 Å². The van der Waals surface area contributed by atoms with Crippen LogP contribution < -0.4 is 9.64 Å². The minimum atomic E-state index is -0.578. The first kappa shape index (κ1) is 19.5. The molecule has 0 aliphatic heterocycles. The Morgan fingerprint density at radius 1 is 1.11 bits per heavy atom. The van der Waals surface area contributed by atoms with Gasteiger partial charge in [0.15, 0.2) is 11.7 Å². The second-order valence-corrected chi connectivity index (χ2v) is 6.55. The van der Waals surface area contributed by atoms with E-state index in [4.69, 9.17) is 9.47 Å². The van der Waals surface area contributed by atoms with Crippen molar-refractivity contribution in [2.24, 2.45) is 0 Å². The van der Waals surface area contributed by atoms with E-state index in [1.165, 1.54) is 47.4 Å². The summed E-state index contributed by atoms with van der Waals surface area (Å²) >= 11 is 1.28. The molecule has 0 unspecified atom stereocenters. The topological polar surface area (TPSA) is 68.7 Å². The van der Waals surface area contributed by atoms with Gasteiger partial charge in [-0.2, -0.15) is 0 Å². The van der Waals surface area contributed by atoms with E-state index in [1.807, 2.05) is 30.3 Å². The van der Waals surface area contributed by atoms with Crippen molar-refractivity contribution in [2.75, 3.05) is 11.5 Å². The van der Waals surface area contributed by atoms with Crippen LogP contribution in [0.5, 0.6) is 5.75 Å². The van der Waals surface area contributed by atoms with Gasteiger partial charge in [0.05, 0.1) is 11.4 Å². The Morgan fingerprint density at radius 3 is 2.50 bits per heavy atom. The molecule has 0 atom stereocenters. The number of anilines is 2. The third kappa shape index (κ3) is 5.14. The number of benzene rings is 2. The number of aromatic nitrogens is 1. The average molecular weight is 400 g/mol. The van der Waals surface area contributed by atoms with Gasteiger partial charge in [0.25, 0.3) is 0 Å². The van der Waals surface area contributed by atoms with E-state index in [9.17, 15) is 14.0 Å². The highest BCUT2D eigenvalue weighted by Gasteiger charge is 2.18. The zero-order valence-electron chi connectivity index (χ0n) is 15.0. The van der Waals surface area contributed by atoms with Crippen LogP contribution in [-0.2, 0) is 20.9 Å². The van der Waals surface area contributed by atoms with Crippen molar-refractivity contribution in [3.8, 4) is 5.75 Å². The molecule has 8 heteroatoms. The predicted molar refractivity (Wildman–Crippen MR) is 103 cm³/mol. The molecule has 0 saturated heterocycles. The number of nitrogens with zero attached hydrogens (tertiary/aromatic N) is 2. The van der Waals surface area contributed by atoms with Crippen LogP contribution in [-0.4, -0.2) is 23.5 Å². The molecule has 0 fully saturated rings. The van der Waals surface area contributed by atoms with Crippen LogP contribution in [0.25, 0.3) is 0 Å². The number of amides is 1. The van der Waals surface area contributed by atoms with E-state index < -0.39 is 5.97 Å². The average Bonchev–Trinajstić information content (AvgIpc) is 3.15. The Balaban J connectivity index is 1.55. The Morgan fingerprint density at radius 2 is 1.82 bits per heavy atom. The number of para-hydroxylation sites is 1. The number of thiazole rings is 1. The molecule has 28 heavy (non-hydrogen) atoms. The van der Waals surface area contributed by atoms with Gasteiger partial charge in [-0.05, 0) is 36.4 Å². The third-order valence-corrected chi connectivity index (χ3v) is 4.49. The summed E-state index contributed by atoms with van der Waals surface area (Å²) in [6, 6.07) is 14.5. The van der Waals surface area contributed by atoms with Crippen molar-refractivity contribution in [1.29, 1.82) is 0 Å². The minimum absolute atomic E-state index is 0.0390. The maximum atomic E-state index is 12.8. The van der Waals surface area contributed by atoms with E-state index in [0.29, 0.717) is 22.3 Å². The van der Waals surface area contributed by atoms with Gasteiger partial charge < -0.3 is 9.47 Å². The molecule has 3 aromatic rings. The fraction of sp³-hybridized carbons (Fsp3) is 0.150. The first-order valence-corrected chi connectivity index (χ1v) is 9.25. The van der Waals surface area contributed by atoms with E-state index in [2.05, 4.69) is 4.98 Å². The molecule has 1 amide bonds. The molecule has 0 radical (unpaired) electrons. The number of rotatable bonds is 7. The highest BCUT2D eigenvalue weighted by molar-refractivity contribution is 7.14. The summed E-state index contributed by atoms with van der Waals surface area (Å²) in [7, 11) is 0. The summed E-state index contributed by atoms with van der Waals surface area (Å²) in [5.41, 5.74) is 1.23. The second kappa shape index (κ2) is 9.09. The van der Waals surface area contributed by atoms with Crippen LogP contribution >= 0.6 is 11.3 Å². The van der Waals surface area contributed by atoms with Gasteiger partial charge in [0.2, 0.25) is 5.91 Å². The molecule has 0 saturated carbocycles. The lowest BCUT2D eigenvalue weighted by Gasteiger charge is -2.17. The summed E-state index contributed by atoms with van der Waals surface area (Å²) in [5.74, 6) is -0.763. The molecule has 0 bridgehead atoms. The van der Waals surface area contributed by atoms with E-state index >= 15 is 0 Å².